The summed E-state index contributed by atoms with van der Waals surface area (Å²) < 4.78 is 3.93. The summed E-state index contributed by atoms with van der Waals surface area (Å²) in [5.41, 5.74) is 10.3. The van der Waals surface area contributed by atoms with Crippen LogP contribution in [-0.4, -0.2) is 19.3 Å². The second kappa shape index (κ2) is 5.24. The summed E-state index contributed by atoms with van der Waals surface area (Å²) in [5, 5.41) is 4.42. The molecule has 0 spiro atoms. The van der Waals surface area contributed by atoms with Crippen molar-refractivity contribution in [1.29, 1.82) is 0 Å². The normalized spacial score (nSPS) is 12.9. The highest BCUT2D eigenvalue weighted by molar-refractivity contribution is 5.77. The van der Waals surface area contributed by atoms with Crippen LogP contribution >= 0.6 is 0 Å². The molecule has 5 nitrogen and oxygen atoms in total. The van der Waals surface area contributed by atoms with Crippen molar-refractivity contribution in [1.82, 2.24) is 19.3 Å². The van der Waals surface area contributed by atoms with E-state index in [0.29, 0.717) is 11.9 Å². The average Bonchev–Trinajstić information content (AvgIpc) is 2.95. The summed E-state index contributed by atoms with van der Waals surface area (Å²) in [5.74, 6) is 1.05. The summed E-state index contributed by atoms with van der Waals surface area (Å²) in [4.78, 5) is 4.44. The Labute approximate surface area is 124 Å². The molecular weight excluding hydrogens is 262 g/mol. The van der Waals surface area contributed by atoms with Crippen LogP contribution in [0.1, 0.15) is 30.5 Å². The average molecular weight is 283 g/mol. The molecule has 2 N–H and O–H groups in total. The molecule has 3 rings (SSSR count). The number of nitrogens with zero attached hydrogens (tertiary/aromatic N) is 4. The molecule has 110 valence electrons. The quantitative estimate of drug-likeness (QED) is 0.801. The molecular formula is C16H21N5. The molecule has 0 saturated carbocycles. The van der Waals surface area contributed by atoms with Crippen LogP contribution in [0.3, 0.4) is 0 Å². The van der Waals surface area contributed by atoms with Gasteiger partial charge in [0.2, 0.25) is 5.95 Å². The fraction of sp³-hybridized carbons (Fsp3) is 0.375. The lowest BCUT2D eigenvalue weighted by Gasteiger charge is -2.13. The second-order valence-corrected chi connectivity index (χ2v) is 5.60. The molecule has 0 saturated heterocycles. The molecule has 1 unspecified atom stereocenters. The number of fused-ring (bicyclic) bond motifs is 1. The molecule has 1 atom stereocenters. The molecule has 3 aromatic rings. The van der Waals surface area contributed by atoms with Gasteiger partial charge in [-0.15, -0.1) is 0 Å². The third kappa shape index (κ3) is 2.39. The maximum Gasteiger partial charge on any atom is 0.202 e. The Hall–Kier alpha value is -2.30. The van der Waals surface area contributed by atoms with Crippen LogP contribution in [0.5, 0.6) is 0 Å². The van der Waals surface area contributed by atoms with Gasteiger partial charge >= 0.3 is 0 Å². The molecule has 1 aromatic carbocycles. The summed E-state index contributed by atoms with van der Waals surface area (Å²) in [6.45, 7) is 5.05. The van der Waals surface area contributed by atoms with Gasteiger partial charge in [-0.2, -0.15) is 5.10 Å². The molecule has 0 amide bonds. The first-order valence-corrected chi connectivity index (χ1v) is 7.28. The van der Waals surface area contributed by atoms with E-state index >= 15 is 0 Å². The minimum atomic E-state index is 0.484. The molecule has 0 aliphatic heterocycles. The molecule has 0 aliphatic rings. The zero-order chi connectivity index (χ0) is 15.0. The smallest absolute Gasteiger partial charge is 0.202 e. The molecule has 21 heavy (non-hydrogen) atoms. The molecule has 2 aromatic heterocycles. The van der Waals surface area contributed by atoms with Crippen molar-refractivity contribution >= 4 is 17.1 Å². The van der Waals surface area contributed by atoms with Crippen molar-refractivity contribution in [2.75, 3.05) is 5.73 Å². The zero-order valence-electron chi connectivity index (χ0n) is 12.7. The first kappa shape index (κ1) is 13.7. The van der Waals surface area contributed by atoms with E-state index in [2.05, 4.69) is 45.8 Å². The monoisotopic (exact) mass is 283 g/mol. The number of hydrogen-bond donors (Lipinski definition) is 1. The Morgan fingerprint density at radius 3 is 2.67 bits per heavy atom. The Balaban J connectivity index is 1.84. The van der Waals surface area contributed by atoms with Crippen LogP contribution in [0.4, 0.5) is 5.95 Å². The lowest BCUT2D eigenvalue weighted by atomic mass is 9.98. The van der Waals surface area contributed by atoms with Gasteiger partial charge in [-0.1, -0.05) is 37.3 Å². The van der Waals surface area contributed by atoms with Crippen molar-refractivity contribution in [2.45, 2.75) is 32.7 Å². The fourth-order valence-electron chi connectivity index (χ4n) is 2.84. The number of benzene rings is 1. The molecule has 0 radical (unpaired) electrons. The number of aryl methyl sites for hydroxylation is 3. The van der Waals surface area contributed by atoms with E-state index in [4.69, 9.17) is 5.73 Å². The van der Waals surface area contributed by atoms with Gasteiger partial charge in [-0.25, -0.2) is 4.98 Å². The van der Waals surface area contributed by atoms with E-state index < -0.39 is 0 Å². The summed E-state index contributed by atoms with van der Waals surface area (Å²) in [6.07, 6.45) is 1.02. The van der Waals surface area contributed by atoms with E-state index in [1.165, 1.54) is 5.56 Å². The Morgan fingerprint density at radius 2 is 1.95 bits per heavy atom. The number of aromatic nitrogens is 4. The summed E-state index contributed by atoms with van der Waals surface area (Å²) in [7, 11) is 1.94. The maximum atomic E-state index is 6.07. The van der Waals surface area contributed by atoms with Gasteiger partial charge in [0, 0.05) is 13.6 Å². The van der Waals surface area contributed by atoms with Gasteiger partial charge in [0.1, 0.15) is 5.52 Å². The van der Waals surface area contributed by atoms with E-state index in [1.807, 2.05) is 24.7 Å². The predicted molar refractivity (Wildman–Crippen MR) is 85.1 cm³/mol. The van der Waals surface area contributed by atoms with Gasteiger partial charge in [0.25, 0.3) is 0 Å². The van der Waals surface area contributed by atoms with Crippen molar-refractivity contribution < 1.29 is 0 Å². The summed E-state index contributed by atoms with van der Waals surface area (Å²) in [6, 6.07) is 10.6. The van der Waals surface area contributed by atoms with Crippen molar-refractivity contribution in [2.24, 2.45) is 7.05 Å². The van der Waals surface area contributed by atoms with Crippen LogP contribution in [-0.2, 0) is 13.6 Å². The highest BCUT2D eigenvalue weighted by Gasteiger charge is 2.16. The number of anilines is 1. The van der Waals surface area contributed by atoms with Crippen molar-refractivity contribution in [3.8, 4) is 0 Å². The molecule has 2 heterocycles. The van der Waals surface area contributed by atoms with Gasteiger partial charge < -0.3 is 5.73 Å². The van der Waals surface area contributed by atoms with Crippen LogP contribution < -0.4 is 5.73 Å². The number of nitrogen functional groups attached to an aromatic ring is 1. The van der Waals surface area contributed by atoms with Crippen LogP contribution in [0.2, 0.25) is 0 Å². The topological polar surface area (TPSA) is 61.7 Å². The molecule has 0 aliphatic carbocycles. The molecule has 5 heteroatoms. The Morgan fingerprint density at radius 1 is 1.24 bits per heavy atom. The van der Waals surface area contributed by atoms with E-state index in [-0.39, 0.29) is 0 Å². The first-order chi connectivity index (χ1) is 10.1. The molecule has 0 bridgehead atoms. The van der Waals surface area contributed by atoms with Gasteiger partial charge in [-0.05, 0) is 24.8 Å². The summed E-state index contributed by atoms with van der Waals surface area (Å²) >= 11 is 0. The number of imidazole rings is 1. The number of hydrogen-bond acceptors (Lipinski definition) is 3. The Bertz CT molecular complexity index is 754. The zero-order valence-corrected chi connectivity index (χ0v) is 12.7. The van der Waals surface area contributed by atoms with Crippen LogP contribution in [0, 0.1) is 6.92 Å². The lowest BCUT2D eigenvalue weighted by molar-refractivity contribution is 0.579. The maximum absolute atomic E-state index is 6.07. The third-order valence-electron chi connectivity index (χ3n) is 4.07. The molecule has 0 fully saturated rings. The van der Waals surface area contributed by atoms with E-state index in [1.54, 1.807) is 0 Å². The van der Waals surface area contributed by atoms with Gasteiger partial charge in [0.05, 0.1) is 5.69 Å². The standard InChI is InChI=1S/C16H21N5/c1-11(13-7-5-4-6-8-13)9-10-21-15-14(18-16(21)17)12(2)19-20(15)3/h4-8,11H,9-10H2,1-3H3,(H2,17,18). The SMILES string of the molecule is Cc1nn(C)c2c1nc(N)n2CCC(C)c1ccccc1. The third-order valence-corrected chi connectivity index (χ3v) is 4.07. The van der Waals surface area contributed by atoms with Crippen LogP contribution in [0.15, 0.2) is 30.3 Å². The predicted octanol–water partition coefficient (Wildman–Crippen LogP) is 2.85. The highest BCUT2D eigenvalue weighted by Crippen LogP contribution is 2.24. The fourth-order valence-corrected chi connectivity index (χ4v) is 2.84. The largest absolute Gasteiger partial charge is 0.369 e. The van der Waals surface area contributed by atoms with Gasteiger partial charge in [0.15, 0.2) is 5.65 Å². The highest BCUT2D eigenvalue weighted by atomic mass is 15.3. The van der Waals surface area contributed by atoms with Crippen molar-refractivity contribution in [3.05, 3.63) is 41.6 Å². The first-order valence-electron chi connectivity index (χ1n) is 7.28. The van der Waals surface area contributed by atoms with E-state index in [0.717, 1.165) is 29.8 Å². The number of nitrogens with two attached hydrogens (primary N) is 1. The minimum absolute atomic E-state index is 0.484. The van der Waals surface area contributed by atoms with Crippen molar-refractivity contribution in [3.63, 3.8) is 0 Å². The minimum Gasteiger partial charge on any atom is -0.369 e. The van der Waals surface area contributed by atoms with E-state index in [9.17, 15) is 0 Å². The van der Waals surface area contributed by atoms with Gasteiger partial charge in [-0.3, -0.25) is 9.25 Å². The second-order valence-electron chi connectivity index (χ2n) is 5.60. The Kier molecular flexibility index (Phi) is 3.41. The lowest BCUT2D eigenvalue weighted by Crippen LogP contribution is -2.09. The number of rotatable bonds is 4. The van der Waals surface area contributed by atoms with Crippen LogP contribution in [0.25, 0.3) is 11.2 Å².